The summed E-state index contributed by atoms with van der Waals surface area (Å²) in [7, 11) is 0. The van der Waals surface area contributed by atoms with Gasteiger partial charge in [-0.15, -0.1) is 0 Å². The summed E-state index contributed by atoms with van der Waals surface area (Å²) in [6.45, 7) is 0.430. The largest absolute Gasteiger partial charge is 0.395 e. The second-order valence-corrected chi connectivity index (χ2v) is 3.35. The van der Waals surface area contributed by atoms with Crippen LogP contribution in [0.3, 0.4) is 0 Å². The minimum absolute atomic E-state index is 0.0124. The second kappa shape index (κ2) is 4.23. The number of aliphatic imine (C=N–C) groups is 1. The lowest BCUT2D eigenvalue weighted by atomic mass is 10.0. The molecule has 1 atom stereocenters. The van der Waals surface area contributed by atoms with E-state index in [1.165, 1.54) is 0 Å². The van der Waals surface area contributed by atoms with Crippen LogP contribution in [0.5, 0.6) is 0 Å². The third-order valence-electron chi connectivity index (χ3n) is 2.44. The molecule has 15 heavy (non-hydrogen) atoms. The topological polar surface area (TPSA) is 52.9 Å². The Balaban J connectivity index is 2.37. The van der Waals surface area contributed by atoms with Gasteiger partial charge in [-0.25, -0.2) is 4.99 Å². The molecule has 0 spiro atoms. The third kappa shape index (κ3) is 1.76. The molecule has 0 aromatic heterocycles. The van der Waals surface area contributed by atoms with Crippen LogP contribution in [0.2, 0.25) is 0 Å². The maximum atomic E-state index is 11.0. The molecule has 1 aromatic rings. The summed E-state index contributed by atoms with van der Waals surface area (Å²) in [6, 6.07) is 7.20. The van der Waals surface area contributed by atoms with Gasteiger partial charge < -0.3 is 14.8 Å². The lowest BCUT2D eigenvalue weighted by Gasteiger charge is -2.29. The fourth-order valence-corrected chi connectivity index (χ4v) is 1.71. The number of β-amino-alcohol motifs (C(OH)–C–C–N with tert-alkyl or cyclic N) is 1. The van der Waals surface area contributed by atoms with E-state index in [1.54, 1.807) is 11.2 Å². The van der Waals surface area contributed by atoms with Crippen LogP contribution in [0.4, 0.5) is 5.69 Å². The SMILES string of the molecule is O=CC1c2ccccc2N=CN1CCO. The first kappa shape index (κ1) is 9.86. The molecule has 0 radical (unpaired) electrons. The van der Waals surface area contributed by atoms with Crippen LogP contribution in [0.25, 0.3) is 0 Å². The molecule has 0 amide bonds. The summed E-state index contributed by atoms with van der Waals surface area (Å²) in [5.74, 6) is 0. The molecule has 1 aliphatic heterocycles. The van der Waals surface area contributed by atoms with Crippen LogP contribution in [0.15, 0.2) is 29.3 Å². The lowest BCUT2D eigenvalue weighted by Crippen LogP contribution is -2.33. The number of hydrogen-bond acceptors (Lipinski definition) is 4. The molecule has 4 heteroatoms. The van der Waals surface area contributed by atoms with Crippen molar-refractivity contribution in [3.8, 4) is 0 Å². The maximum absolute atomic E-state index is 11.0. The number of para-hydroxylation sites is 1. The monoisotopic (exact) mass is 204 g/mol. The molecule has 0 bridgehead atoms. The van der Waals surface area contributed by atoms with Crippen molar-refractivity contribution in [3.05, 3.63) is 29.8 Å². The highest BCUT2D eigenvalue weighted by atomic mass is 16.3. The van der Waals surface area contributed by atoms with Gasteiger partial charge in [-0.05, 0) is 6.07 Å². The van der Waals surface area contributed by atoms with Gasteiger partial charge in [-0.3, -0.25) is 0 Å². The average Bonchev–Trinajstić information content (AvgIpc) is 2.29. The molecule has 1 aliphatic rings. The first-order valence-corrected chi connectivity index (χ1v) is 4.82. The molecule has 2 rings (SSSR count). The number of hydrogen-bond donors (Lipinski definition) is 1. The van der Waals surface area contributed by atoms with Gasteiger partial charge in [0.1, 0.15) is 12.3 Å². The quantitative estimate of drug-likeness (QED) is 0.744. The molecule has 4 nitrogen and oxygen atoms in total. The van der Waals surface area contributed by atoms with E-state index in [0.29, 0.717) is 6.54 Å². The Kier molecular flexibility index (Phi) is 2.78. The Morgan fingerprint density at radius 1 is 1.47 bits per heavy atom. The number of nitrogens with zero attached hydrogens (tertiary/aromatic N) is 2. The van der Waals surface area contributed by atoms with Gasteiger partial charge in [0.25, 0.3) is 0 Å². The van der Waals surface area contributed by atoms with Crippen LogP contribution in [0, 0.1) is 0 Å². The fourth-order valence-electron chi connectivity index (χ4n) is 1.71. The fraction of sp³-hybridized carbons (Fsp3) is 0.273. The zero-order valence-corrected chi connectivity index (χ0v) is 8.21. The number of rotatable bonds is 3. The Labute approximate surface area is 87.9 Å². The zero-order chi connectivity index (χ0) is 10.7. The highest BCUT2D eigenvalue weighted by Gasteiger charge is 2.22. The Morgan fingerprint density at radius 2 is 2.27 bits per heavy atom. The molecule has 0 saturated carbocycles. The van der Waals surface area contributed by atoms with Crippen molar-refractivity contribution in [3.63, 3.8) is 0 Å². The second-order valence-electron chi connectivity index (χ2n) is 3.35. The number of carbonyl (C=O) groups excluding carboxylic acids is 1. The van der Waals surface area contributed by atoms with E-state index in [9.17, 15) is 4.79 Å². The minimum Gasteiger partial charge on any atom is -0.395 e. The van der Waals surface area contributed by atoms with Crippen LogP contribution in [-0.4, -0.2) is 35.8 Å². The summed E-state index contributed by atoms with van der Waals surface area (Å²) in [4.78, 5) is 17.0. The molecule has 0 saturated heterocycles. The van der Waals surface area contributed by atoms with E-state index in [-0.39, 0.29) is 12.6 Å². The van der Waals surface area contributed by atoms with Crippen molar-refractivity contribution in [2.24, 2.45) is 4.99 Å². The molecule has 78 valence electrons. The summed E-state index contributed by atoms with van der Waals surface area (Å²) in [5.41, 5.74) is 1.72. The number of aliphatic hydroxyl groups is 1. The van der Waals surface area contributed by atoms with Gasteiger partial charge in [0.15, 0.2) is 0 Å². The predicted octanol–water partition coefficient (Wildman–Crippen LogP) is 0.894. The molecular weight excluding hydrogens is 192 g/mol. The lowest BCUT2D eigenvalue weighted by molar-refractivity contribution is -0.111. The van der Waals surface area contributed by atoms with Crippen molar-refractivity contribution in [1.29, 1.82) is 0 Å². The van der Waals surface area contributed by atoms with Gasteiger partial charge in [0, 0.05) is 12.1 Å². The van der Waals surface area contributed by atoms with E-state index >= 15 is 0 Å². The molecule has 1 N–H and O–H groups in total. The minimum atomic E-state index is -0.328. The number of aldehydes is 1. The van der Waals surface area contributed by atoms with E-state index in [0.717, 1.165) is 17.5 Å². The van der Waals surface area contributed by atoms with Crippen LogP contribution in [-0.2, 0) is 4.79 Å². The van der Waals surface area contributed by atoms with Crippen LogP contribution in [0.1, 0.15) is 11.6 Å². The Hall–Kier alpha value is -1.68. The number of carbonyl (C=O) groups is 1. The van der Waals surface area contributed by atoms with Crippen LogP contribution < -0.4 is 0 Å². The van der Waals surface area contributed by atoms with Gasteiger partial charge in [-0.1, -0.05) is 18.2 Å². The molecule has 1 aromatic carbocycles. The van der Waals surface area contributed by atoms with Crippen molar-refractivity contribution < 1.29 is 9.90 Å². The highest BCUT2D eigenvalue weighted by molar-refractivity contribution is 5.77. The van der Waals surface area contributed by atoms with Crippen LogP contribution >= 0.6 is 0 Å². The first-order chi connectivity index (χ1) is 7.36. The standard InChI is InChI=1S/C11H12N2O2/c14-6-5-13-8-12-10-4-2-1-3-9(10)11(13)7-15/h1-4,7-8,11,14H,5-6H2. The maximum Gasteiger partial charge on any atom is 0.147 e. The van der Waals surface area contributed by atoms with Crippen molar-refractivity contribution in [2.45, 2.75) is 6.04 Å². The zero-order valence-electron chi connectivity index (χ0n) is 8.21. The van der Waals surface area contributed by atoms with Crippen molar-refractivity contribution in [1.82, 2.24) is 4.90 Å². The van der Waals surface area contributed by atoms with Gasteiger partial charge in [0.2, 0.25) is 0 Å². The summed E-state index contributed by atoms with van der Waals surface area (Å²) in [6.07, 6.45) is 2.48. The smallest absolute Gasteiger partial charge is 0.147 e. The van der Waals surface area contributed by atoms with Gasteiger partial charge in [-0.2, -0.15) is 0 Å². The Bertz CT molecular complexity index is 390. The third-order valence-corrected chi connectivity index (χ3v) is 2.44. The molecule has 0 aliphatic carbocycles. The predicted molar refractivity (Wildman–Crippen MR) is 57.2 cm³/mol. The van der Waals surface area contributed by atoms with Crippen molar-refractivity contribution >= 4 is 18.3 Å². The molecule has 1 unspecified atom stereocenters. The van der Waals surface area contributed by atoms with Gasteiger partial charge >= 0.3 is 0 Å². The number of benzene rings is 1. The summed E-state index contributed by atoms with van der Waals surface area (Å²) >= 11 is 0. The number of fused-ring (bicyclic) bond motifs is 1. The van der Waals surface area contributed by atoms with Gasteiger partial charge in [0.05, 0.1) is 18.6 Å². The summed E-state index contributed by atoms with van der Waals surface area (Å²) in [5, 5.41) is 8.86. The number of aliphatic hydroxyl groups excluding tert-OH is 1. The van der Waals surface area contributed by atoms with E-state index < -0.39 is 0 Å². The van der Waals surface area contributed by atoms with E-state index in [1.807, 2.05) is 24.3 Å². The molecule has 0 fully saturated rings. The first-order valence-electron chi connectivity index (χ1n) is 4.82. The Morgan fingerprint density at radius 3 is 3.00 bits per heavy atom. The summed E-state index contributed by atoms with van der Waals surface area (Å²) < 4.78 is 0. The molecular formula is C11H12N2O2. The normalized spacial score (nSPS) is 18.7. The van der Waals surface area contributed by atoms with E-state index in [4.69, 9.17) is 5.11 Å². The molecule has 1 heterocycles. The van der Waals surface area contributed by atoms with Crippen molar-refractivity contribution in [2.75, 3.05) is 13.2 Å². The highest BCUT2D eigenvalue weighted by Crippen LogP contribution is 2.30. The average molecular weight is 204 g/mol. The van der Waals surface area contributed by atoms with E-state index in [2.05, 4.69) is 4.99 Å².